The van der Waals surface area contributed by atoms with Crippen molar-refractivity contribution in [1.82, 2.24) is 4.90 Å². The molecule has 3 aromatic rings. The van der Waals surface area contributed by atoms with Gasteiger partial charge in [0.25, 0.3) is 0 Å². The number of amidine groups is 1. The molecule has 0 bridgehead atoms. The fourth-order valence-electron chi connectivity index (χ4n) is 3.70. The van der Waals surface area contributed by atoms with Gasteiger partial charge in [0.1, 0.15) is 24.0 Å². The minimum atomic E-state index is -0.244. The number of ether oxygens (including phenoxy) is 1. The molecule has 0 saturated heterocycles. The van der Waals surface area contributed by atoms with Gasteiger partial charge in [-0.15, -0.1) is 0 Å². The Hall–Kier alpha value is -3.40. The van der Waals surface area contributed by atoms with Gasteiger partial charge in [0.15, 0.2) is 0 Å². The van der Waals surface area contributed by atoms with Crippen LogP contribution in [0, 0.1) is 5.82 Å². The lowest BCUT2D eigenvalue weighted by Gasteiger charge is -2.29. The van der Waals surface area contributed by atoms with E-state index in [0.29, 0.717) is 5.56 Å². The molecule has 2 aliphatic rings. The van der Waals surface area contributed by atoms with Crippen molar-refractivity contribution in [3.05, 3.63) is 101 Å². The quantitative estimate of drug-likeness (QED) is 0.647. The fourth-order valence-corrected chi connectivity index (χ4v) is 3.70. The van der Waals surface area contributed by atoms with Gasteiger partial charge in [0.2, 0.25) is 0 Å². The summed E-state index contributed by atoms with van der Waals surface area (Å²) in [6, 6.07) is 23.0. The van der Waals surface area contributed by atoms with Crippen LogP contribution in [0.2, 0.25) is 0 Å². The zero-order chi connectivity index (χ0) is 18.9. The maximum Gasteiger partial charge on any atom is 0.136 e. The van der Waals surface area contributed by atoms with E-state index in [1.165, 1.54) is 17.2 Å². The Morgan fingerprint density at radius 2 is 1.71 bits per heavy atom. The molecule has 0 saturated carbocycles. The van der Waals surface area contributed by atoms with Crippen LogP contribution in [0.25, 0.3) is 11.8 Å². The number of fused-ring (bicyclic) bond motifs is 3. The molecule has 2 aliphatic heterocycles. The predicted octanol–water partition coefficient (Wildman–Crippen LogP) is 4.98. The lowest BCUT2D eigenvalue weighted by Crippen LogP contribution is -2.30. The maximum atomic E-state index is 13.7. The predicted molar refractivity (Wildman–Crippen MR) is 110 cm³/mol. The molecular weight excluding hydrogens is 351 g/mol. The van der Waals surface area contributed by atoms with Crippen LogP contribution in [0.3, 0.4) is 0 Å². The van der Waals surface area contributed by atoms with Crippen LogP contribution >= 0.6 is 0 Å². The second kappa shape index (κ2) is 6.97. The first-order chi connectivity index (χ1) is 13.8. The Bertz CT molecular complexity index is 1090. The van der Waals surface area contributed by atoms with Gasteiger partial charge in [-0.1, -0.05) is 42.5 Å². The molecule has 138 valence electrons. The molecule has 3 aromatic carbocycles. The van der Waals surface area contributed by atoms with Gasteiger partial charge in [-0.2, -0.15) is 0 Å². The first-order valence-corrected chi connectivity index (χ1v) is 9.39. The summed E-state index contributed by atoms with van der Waals surface area (Å²) >= 11 is 0. The van der Waals surface area contributed by atoms with Crippen molar-refractivity contribution in [1.29, 1.82) is 0 Å². The molecule has 0 amide bonds. The average molecular weight is 370 g/mol. The van der Waals surface area contributed by atoms with Gasteiger partial charge in [-0.05, 0) is 47.5 Å². The number of benzene rings is 3. The highest BCUT2D eigenvalue weighted by atomic mass is 19.1. The second-order valence-electron chi connectivity index (χ2n) is 6.88. The third-order valence-corrected chi connectivity index (χ3v) is 5.13. The monoisotopic (exact) mass is 370 g/mol. The molecule has 0 fully saturated rings. The SMILES string of the molecule is Fc1ccccc1COc1ccc(C2=Cc3ccccc3C3=NCCN23)cc1. The Kier molecular flexibility index (Phi) is 4.17. The minimum absolute atomic E-state index is 0.213. The Morgan fingerprint density at radius 1 is 0.929 bits per heavy atom. The Morgan fingerprint density at radius 3 is 2.57 bits per heavy atom. The van der Waals surface area contributed by atoms with Gasteiger partial charge in [0, 0.05) is 17.7 Å². The van der Waals surface area contributed by atoms with Crippen LogP contribution in [0.1, 0.15) is 22.3 Å². The van der Waals surface area contributed by atoms with E-state index in [0.717, 1.165) is 35.9 Å². The summed E-state index contributed by atoms with van der Waals surface area (Å²) < 4.78 is 19.5. The van der Waals surface area contributed by atoms with Crippen LogP contribution in [0.15, 0.2) is 77.8 Å². The zero-order valence-corrected chi connectivity index (χ0v) is 15.3. The molecule has 28 heavy (non-hydrogen) atoms. The van der Waals surface area contributed by atoms with E-state index >= 15 is 0 Å². The summed E-state index contributed by atoms with van der Waals surface area (Å²) in [5.41, 5.74) is 5.19. The third kappa shape index (κ3) is 2.97. The first-order valence-electron chi connectivity index (χ1n) is 9.39. The molecule has 0 spiro atoms. The largest absolute Gasteiger partial charge is 0.489 e. The van der Waals surface area contributed by atoms with Crippen LogP contribution in [-0.4, -0.2) is 23.8 Å². The highest BCUT2D eigenvalue weighted by Crippen LogP contribution is 2.33. The molecule has 0 aliphatic carbocycles. The lowest BCUT2D eigenvalue weighted by molar-refractivity contribution is 0.300. The Labute approximate surface area is 163 Å². The number of hydrogen-bond acceptors (Lipinski definition) is 3. The number of nitrogens with zero attached hydrogens (tertiary/aromatic N) is 2. The standard InChI is InChI=1S/C24H19FN2O/c25-22-8-4-2-6-19(22)16-28-20-11-9-17(10-12-20)23-15-18-5-1-3-7-21(18)24-26-13-14-27(23)24/h1-12,15H,13-14,16H2. The topological polar surface area (TPSA) is 24.8 Å². The van der Waals surface area contributed by atoms with Crippen LogP contribution in [-0.2, 0) is 6.61 Å². The number of aliphatic imine (C=N–C) groups is 1. The van der Waals surface area contributed by atoms with Crippen LogP contribution in [0.5, 0.6) is 5.75 Å². The minimum Gasteiger partial charge on any atom is -0.489 e. The van der Waals surface area contributed by atoms with Crippen molar-refractivity contribution >= 4 is 17.6 Å². The van der Waals surface area contributed by atoms with E-state index in [2.05, 4.69) is 35.2 Å². The summed E-state index contributed by atoms with van der Waals surface area (Å²) in [4.78, 5) is 6.98. The van der Waals surface area contributed by atoms with E-state index in [1.54, 1.807) is 12.1 Å². The van der Waals surface area contributed by atoms with Crippen molar-refractivity contribution < 1.29 is 9.13 Å². The number of halogens is 1. The van der Waals surface area contributed by atoms with Crippen molar-refractivity contribution in [2.24, 2.45) is 4.99 Å². The number of rotatable bonds is 4. The van der Waals surface area contributed by atoms with E-state index in [4.69, 9.17) is 9.73 Å². The maximum absolute atomic E-state index is 13.7. The summed E-state index contributed by atoms with van der Waals surface area (Å²) in [5.74, 6) is 1.53. The summed E-state index contributed by atoms with van der Waals surface area (Å²) in [5, 5.41) is 0. The first kappa shape index (κ1) is 16.8. The molecule has 0 atom stereocenters. The van der Waals surface area contributed by atoms with E-state index < -0.39 is 0 Å². The van der Waals surface area contributed by atoms with Crippen molar-refractivity contribution in [3.63, 3.8) is 0 Å². The molecule has 5 rings (SSSR count). The Balaban J connectivity index is 1.39. The van der Waals surface area contributed by atoms with Crippen molar-refractivity contribution in [2.75, 3.05) is 13.1 Å². The summed E-state index contributed by atoms with van der Waals surface area (Å²) in [6.07, 6.45) is 2.22. The summed E-state index contributed by atoms with van der Waals surface area (Å²) in [6.45, 7) is 1.91. The highest BCUT2D eigenvalue weighted by molar-refractivity contribution is 6.12. The van der Waals surface area contributed by atoms with E-state index in [-0.39, 0.29) is 12.4 Å². The van der Waals surface area contributed by atoms with Crippen LogP contribution in [0.4, 0.5) is 4.39 Å². The molecule has 2 heterocycles. The van der Waals surface area contributed by atoms with Crippen LogP contribution < -0.4 is 4.74 Å². The average Bonchev–Trinajstić information content (AvgIpc) is 3.23. The molecule has 0 aromatic heterocycles. The molecule has 0 N–H and O–H groups in total. The number of hydrogen-bond donors (Lipinski definition) is 0. The van der Waals surface area contributed by atoms with Gasteiger partial charge >= 0.3 is 0 Å². The lowest BCUT2D eigenvalue weighted by atomic mass is 9.97. The third-order valence-electron chi connectivity index (χ3n) is 5.13. The van der Waals surface area contributed by atoms with Crippen molar-refractivity contribution in [2.45, 2.75) is 6.61 Å². The second-order valence-corrected chi connectivity index (χ2v) is 6.88. The zero-order valence-electron chi connectivity index (χ0n) is 15.3. The van der Waals surface area contributed by atoms with E-state index in [9.17, 15) is 4.39 Å². The molecule has 0 unspecified atom stereocenters. The van der Waals surface area contributed by atoms with Gasteiger partial charge in [0.05, 0.1) is 12.2 Å². The molecular formula is C24H19FN2O. The van der Waals surface area contributed by atoms with E-state index in [1.807, 2.05) is 30.3 Å². The van der Waals surface area contributed by atoms with Gasteiger partial charge in [-0.25, -0.2) is 4.39 Å². The van der Waals surface area contributed by atoms with Crippen molar-refractivity contribution in [3.8, 4) is 5.75 Å². The molecule has 3 nitrogen and oxygen atoms in total. The fraction of sp³-hybridized carbons (Fsp3) is 0.125. The smallest absolute Gasteiger partial charge is 0.136 e. The molecule has 0 radical (unpaired) electrons. The van der Waals surface area contributed by atoms with Gasteiger partial charge in [-0.3, -0.25) is 4.99 Å². The summed E-state index contributed by atoms with van der Waals surface area (Å²) in [7, 11) is 0. The molecule has 4 heteroatoms. The highest BCUT2D eigenvalue weighted by Gasteiger charge is 2.28. The normalized spacial score (nSPS) is 14.8. The van der Waals surface area contributed by atoms with Gasteiger partial charge < -0.3 is 9.64 Å².